The normalized spacial score (nSPS) is 9.38. The van der Waals surface area contributed by atoms with Gasteiger partial charge in [-0.05, 0) is 30.2 Å². The lowest BCUT2D eigenvalue weighted by molar-refractivity contribution is 0.411. The van der Waals surface area contributed by atoms with Crippen LogP contribution in [0.1, 0.15) is 16.7 Å². The molecule has 0 atom stereocenters. The SMILES string of the molecule is COc1cc(C#N)c(CCl)cc1C. The minimum absolute atomic E-state index is 0.355. The number of benzene rings is 1. The molecule has 68 valence electrons. The van der Waals surface area contributed by atoms with Crippen LogP contribution < -0.4 is 4.74 Å². The lowest BCUT2D eigenvalue weighted by atomic mass is 10.1. The first-order valence-corrected chi connectivity index (χ1v) is 4.40. The fourth-order valence-corrected chi connectivity index (χ4v) is 1.40. The highest BCUT2D eigenvalue weighted by Crippen LogP contribution is 2.23. The molecule has 1 aromatic carbocycles. The first-order chi connectivity index (χ1) is 6.22. The van der Waals surface area contributed by atoms with E-state index in [-0.39, 0.29) is 0 Å². The molecule has 1 rings (SSSR count). The average molecular weight is 196 g/mol. The summed E-state index contributed by atoms with van der Waals surface area (Å²) in [6.45, 7) is 1.93. The molecule has 0 aliphatic rings. The van der Waals surface area contributed by atoms with Gasteiger partial charge in [-0.3, -0.25) is 0 Å². The Kier molecular flexibility index (Phi) is 3.16. The van der Waals surface area contributed by atoms with Gasteiger partial charge < -0.3 is 4.74 Å². The third-order valence-corrected chi connectivity index (χ3v) is 2.17. The maximum Gasteiger partial charge on any atom is 0.123 e. The van der Waals surface area contributed by atoms with Gasteiger partial charge in [0.2, 0.25) is 0 Å². The fraction of sp³-hybridized carbons (Fsp3) is 0.300. The molecule has 0 aliphatic carbocycles. The van der Waals surface area contributed by atoms with E-state index in [0.717, 1.165) is 16.9 Å². The number of hydrogen-bond donors (Lipinski definition) is 0. The molecule has 0 aromatic heterocycles. The molecule has 0 amide bonds. The summed E-state index contributed by atoms with van der Waals surface area (Å²) in [7, 11) is 1.59. The van der Waals surface area contributed by atoms with Gasteiger partial charge in [-0.25, -0.2) is 0 Å². The summed E-state index contributed by atoms with van der Waals surface area (Å²) in [5.41, 5.74) is 2.43. The van der Waals surface area contributed by atoms with E-state index in [2.05, 4.69) is 6.07 Å². The van der Waals surface area contributed by atoms with Crippen LogP contribution >= 0.6 is 11.6 Å². The van der Waals surface area contributed by atoms with Gasteiger partial charge in [-0.1, -0.05) is 0 Å². The molecule has 0 aliphatic heterocycles. The Bertz CT molecular complexity index is 355. The lowest BCUT2D eigenvalue weighted by Gasteiger charge is -2.07. The minimum atomic E-state index is 0.355. The van der Waals surface area contributed by atoms with Crippen molar-refractivity contribution >= 4 is 11.6 Å². The van der Waals surface area contributed by atoms with Crippen LogP contribution in [-0.2, 0) is 5.88 Å². The van der Waals surface area contributed by atoms with Crippen molar-refractivity contribution in [2.24, 2.45) is 0 Å². The highest BCUT2D eigenvalue weighted by molar-refractivity contribution is 6.17. The summed E-state index contributed by atoms with van der Waals surface area (Å²) in [6, 6.07) is 5.68. The Hall–Kier alpha value is -1.20. The lowest BCUT2D eigenvalue weighted by Crippen LogP contribution is -1.92. The third-order valence-electron chi connectivity index (χ3n) is 1.89. The van der Waals surface area contributed by atoms with E-state index < -0.39 is 0 Å². The number of methoxy groups -OCH3 is 1. The topological polar surface area (TPSA) is 33.0 Å². The first kappa shape index (κ1) is 9.88. The van der Waals surface area contributed by atoms with E-state index in [9.17, 15) is 0 Å². The van der Waals surface area contributed by atoms with Crippen molar-refractivity contribution in [3.05, 3.63) is 28.8 Å². The maximum absolute atomic E-state index is 8.80. The van der Waals surface area contributed by atoms with Gasteiger partial charge in [0.05, 0.1) is 18.7 Å². The van der Waals surface area contributed by atoms with Crippen molar-refractivity contribution in [2.45, 2.75) is 12.8 Å². The summed E-state index contributed by atoms with van der Waals surface area (Å²) in [5.74, 6) is 1.08. The Morgan fingerprint density at radius 1 is 1.54 bits per heavy atom. The molecule has 1 aromatic rings. The van der Waals surface area contributed by atoms with Crippen molar-refractivity contribution in [1.82, 2.24) is 0 Å². The van der Waals surface area contributed by atoms with Gasteiger partial charge >= 0.3 is 0 Å². The van der Waals surface area contributed by atoms with Crippen LogP contribution in [0.15, 0.2) is 12.1 Å². The van der Waals surface area contributed by atoms with Gasteiger partial charge in [0, 0.05) is 5.88 Å². The summed E-state index contributed by atoms with van der Waals surface area (Å²) in [5, 5.41) is 8.80. The van der Waals surface area contributed by atoms with Crippen molar-refractivity contribution < 1.29 is 4.74 Å². The largest absolute Gasteiger partial charge is 0.496 e. The van der Waals surface area contributed by atoms with E-state index in [1.807, 2.05) is 13.0 Å². The van der Waals surface area contributed by atoms with Crippen LogP contribution in [0.25, 0.3) is 0 Å². The van der Waals surface area contributed by atoms with Crippen molar-refractivity contribution in [3.63, 3.8) is 0 Å². The van der Waals surface area contributed by atoms with Gasteiger partial charge in [-0.2, -0.15) is 5.26 Å². The number of hydrogen-bond acceptors (Lipinski definition) is 2. The van der Waals surface area contributed by atoms with Crippen molar-refractivity contribution in [3.8, 4) is 11.8 Å². The van der Waals surface area contributed by atoms with E-state index in [4.69, 9.17) is 21.6 Å². The first-order valence-electron chi connectivity index (χ1n) is 3.86. The zero-order valence-electron chi connectivity index (χ0n) is 7.60. The number of aryl methyl sites for hydroxylation is 1. The Morgan fingerprint density at radius 2 is 2.23 bits per heavy atom. The van der Waals surface area contributed by atoms with Crippen molar-refractivity contribution in [1.29, 1.82) is 5.26 Å². The zero-order chi connectivity index (χ0) is 9.84. The molecule has 0 radical (unpaired) electrons. The smallest absolute Gasteiger partial charge is 0.123 e. The van der Waals surface area contributed by atoms with Crippen LogP contribution in [0.5, 0.6) is 5.75 Å². The predicted molar refractivity (Wildman–Crippen MR) is 52.0 cm³/mol. The van der Waals surface area contributed by atoms with Gasteiger partial charge in [0.15, 0.2) is 0 Å². The molecule has 0 N–H and O–H groups in total. The minimum Gasteiger partial charge on any atom is -0.496 e. The van der Waals surface area contributed by atoms with E-state index >= 15 is 0 Å². The van der Waals surface area contributed by atoms with Gasteiger partial charge in [-0.15, -0.1) is 11.6 Å². The molecule has 3 heteroatoms. The van der Waals surface area contributed by atoms with E-state index in [1.165, 1.54) is 0 Å². The Balaban J connectivity index is 3.28. The second-order valence-corrected chi connectivity index (χ2v) is 2.99. The fourth-order valence-electron chi connectivity index (χ4n) is 1.18. The van der Waals surface area contributed by atoms with Crippen LogP contribution in [0.3, 0.4) is 0 Å². The molecule has 0 unspecified atom stereocenters. The highest BCUT2D eigenvalue weighted by Gasteiger charge is 2.06. The molecule has 0 fully saturated rings. The highest BCUT2D eigenvalue weighted by atomic mass is 35.5. The summed E-state index contributed by atoms with van der Waals surface area (Å²) < 4.78 is 5.09. The summed E-state index contributed by atoms with van der Waals surface area (Å²) in [4.78, 5) is 0. The van der Waals surface area contributed by atoms with Crippen LogP contribution in [0.2, 0.25) is 0 Å². The predicted octanol–water partition coefficient (Wildman–Crippen LogP) is 2.61. The number of halogens is 1. The standard InChI is InChI=1S/C10H10ClNO/c1-7-3-8(5-11)9(6-12)4-10(7)13-2/h3-4H,5H2,1-2H3. The van der Waals surface area contributed by atoms with E-state index in [0.29, 0.717) is 11.4 Å². The van der Waals surface area contributed by atoms with Crippen molar-refractivity contribution in [2.75, 3.05) is 7.11 Å². The Labute approximate surface area is 82.7 Å². The van der Waals surface area contributed by atoms with Crippen LogP contribution in [0.4, 0.5) is 0 Å². The summed E-state index contributed by atoms with van der Waals surface area (Å²) in [6.07, 6.45) is 0. The second-order valence-electron chi connectivity index (χ2n) is 2.72. The molecule has 2 nitrogen and oxygen atoms in total. The van der Waals surface area contributed by atoms with E-state index in [1.54, 1.807) is 13.2 Å². The van der Waals surface area contributed by atoms with Gasteiger partial charge in [0.1, 0.15) is 5.75 Å². The number of nitrogens with zero attached hydrogens (tertiary/aromatic N) is 1. The Morgan fingerprint density at radius 3 is 2.69 bits per heavy atom. The maximum atomic E-state index is 8.80. The number of alkyl halides is 1. The quantitative estimate of drug-likeness (QED) is 0.680. The molecule has 0 heterocycles. The molecule has 0 bridgehead atoms. The molecule has 13 heavy (non-hydrogen) atoms. The third kappa shape index (κ3) is 1.93. The zero-order valence-corrected chi connectivity index (χ0v) is 8.35. The van der Waals surface area contributed by atoms with Crippen LogP contribution in [0, 0.1) is 18.3 Å². The van der Waals surface area contributed by atoms with Gasteiger partial charge in [0.25, 0.3) is 0 Å². The number of ether oxygens (including phenoxy) is 1. The average Bonchev–Trinajstić information content (AvgIpc) is 2.17. The molecule has 0 saturated heterocycles. The monoisotopic (exact) mass is 195 g/mol. The number of nitriles is 1. The molecule has 0 saturated carbocycles. The summed E-state index contributed by atoms with van der Waals surface area (Å²) >= 11 is 5.69. The number of rotatable bonds is 2. The molecular weight excluding hydrogens is 186 g/mol. The molecular formula is C10H10ClNO. The second kappa shape index (κ2) is 4.15. The molecule has 0 spiro atoms. The van der Waals surface area contributed by atoms with Crippen LogP contribution in [-0.4, -0.2) is 7.11 Å².